The molecule has 0 saturated carbocycles. The average Bonchev–Trinajstić information content (AvgIpc) is 3.25. The fraction of sp³-hybridized carbons (Fsp3) is 0.435. The van der Waals surface area contributed by atoms with E-state index in [1.807, 2.05) is 42.9 Å². The zero-order valence-electron chi connectivity index (χ0n) is 16.2. The van der Waals surface area contributed by atoms with Gasteiger partial charge in [-0.15, -0.1) is 0 Å². The van der Waals surface area contributed by atoms with Crippen LogP contribution in [-0.4, -0.2) is 46.0 Å². The van der Waals surface area contributed by atoms with Crippen molar-refractivity contribution in [1.82, 2.24) is 19.9 Å². The van der Waals surface area contributed by atoms with Crippen LogP contribution in [0.1, 0.15) is 24.8 Å². The predicted octanol–water partition coefficient (Wildman–Crippen LogP) is 3.76. The number of hydrogen-bond acceptors (Lipinski definition) is 5. The summed E-state index contributed by atoms with van der Waals surface area (Å²) in [6, 6.07) is 12.3. The summed E-state index contributed by atoms with van der Waals surface area (Å²) in [5.74, 6) is 2.66. The second-order valence-electron chi connectivity index (χ2n) is 8.19. The van der Waals surface area contributed by atoms with Crippen LogP contribution in [0.25, 0.3) is 11.0 Å². The third-order valence-corrected chi connectivity index (χ3v) is 6.41. The molecule has 0 spiro atoms. The molecule has 5 rings (SSSR count). The Morgan fingerprint density at radius 1 is 0.857 bits per heavy atom. The highest BCUT2D eigenvalue weighted by Crippen LogP contribution is 2.34. The smallest absolute Gasteiger partial charge is 0.147 e. The summed E-state index contributed by atoms with van der Waals surface area (Å²) in [5.41, 5.74) is 3.29. The van der Waals surface area contributed by atoms with Crippen molar-refractivity contribution < 1.29 is 0 Å². The minimum Gasteiger partial charge on any atom is -0.355 e. The fourth-order valence-electron chi connectivity index (χ4n) is 4.81. The van der Waals surface area contributed by atoms with E-state index in [9.17, 15) is 0 Å². The van der Waals surface area contributed by atoms with Gasteiger partial charge in [-0.25, -0.2) is 4.98 Å². The van der Waals surface area contributed by atoms with Gasteiger partial charge in [-0.05, 0) is 68.0 Å². The molecule has 1 aromatic carbocycles. The van der Waals surface area contributed by atoms with Gasteiger partial charge in [-0.1, -0.05) is 18.2 Å². The lowest BCUT2D eigenvalue weighted by atomic mass is 9.83. The Kier molecular flexibility index (Phi) is 4.92. The zero-order chi connectivity index (χ0) is 18.8. The molecule has 2 aliphatic heterocycles. The van der Waals surface area contributed by atoms with E-state index >= 15 is 0 Å². The first kappa shape index (κ1) is 17.6. The summed E-state index contributed by atoms with van der Waals surface area (Å²) in [5, 5.41) is 0. The van der Waals surface area contributed by atoms with Gasteiger partial charge in [-0.2, -0.15) is 0 Å². The van der Waals surface area contributed by atoms with Crippen LogP contribution in [0.15, 0.2) is 55.0 Å². The summed E-state index contributed by atoms with van der Waals surface area (Å²) >= 11 is 0. The van der Waals surface area contributed by atoms with Gasteiger partial charge in [0.1, 0.15) is 5.82 Å². The maximum Gasteiger partial charge on any atom is 0.147 e. The number of rotatable bonds is 4. The molecule has 0 aliphatic carbocycles. The third-order valence-electron chi connectivity index (χ3n) is 6.41. The molecule has 1 unspecified atom stereocenters. The molecule has 5 nitrogen and oxygen atoms in total. The molecule has 0 N–H and O–H groups in total. The Bertz CT molecular complexity index is 920. The first-order chi connectivity index (χ1) is 13.8. The van der Waals surface area contributed by atoms with Crippen LogP contribution in [0.3, 0.4) is 0 Å². The minimum atomic E-state index is 0.786. The van der Waals surface area contributed by atoms with Gasteiger partial charge in [0.15, 0.2) is 0 Å². The van der Waals surface area contributed by atoms with E-state index in [0.29, 0.717) is 0 Å². The van der Waals surface area contributed by atoms with Crippen LogP contribution in [0, 0.1) is 11.8 Å². The predicted molar refractivity (Wildman–Crippen MR) is 112 cm³/mol. The lowest BCUT2D eigenvalue weighted by Gasteiger charge is -2.34. The molecule has 3 aromatic rings. The number of fused-ring (bicyclic) bond motifs is 1. The number of hydrogen-bond donors (Lipinski definition) is 0. The van der Waals surface area contributed by atoms with Crippen LogP contribution in [0.4, 0.5) is 5.82 Å². The van der Waals surface area contributed by atoms with Crippen LogP contribution in [0.2, 0.25) is 0 Å². The summed E-state index contributed by atoms with van der Waals surface area (Å²) in [6.07, 6.45) is 9.68. The second kappa shape index (κ2) is 7.84. The molecule has 2 fully saturated rings. The molecule has 144 valence electrons. The Hall–Kier alpha value is -2.53. The van der Waals surface area contributed by atoms with Crippen LogP contribution in [0.5, 0.6) is 0 Å². The molecule has 0 bridgehead atoms. The minimum absolute atomic E-state index is 0.786. The average molecular weight is 374 g/mol. The SMILES string of the molecule is c1cncc(CN2CCC(C3CCN(c4cnc5ccccc5n4)C3)CC2)c1. The van der Waals surface area contributed by atoms with Gasteiger partial charge in [0.2, 0.25) is 0 Å². The monoisotopic (exact) mass is 373 g/mol. The number of anilines is 1. The molecule has 0 amide bonds. The van der Waals surface area contributed by atoms with Crippen LogP contribution >= 0.6 is 0 Å². The molecule has 1 atom stereocenters. The zero-order valence-corrected chi connectivity index (χ0v) is 16.2. The van der Waals surface area contributed by atoms with Gasteiger partial charge >= 0.3 is 0 Å². The maximum atomic E-state index is 4.84. The molecule has 0 radical (unpaired) electrons. The maximum absolute atomic E-state index is 4.84. The van der Waals surface area contributed by atoms with Crippen molar-refractivity contribution in [2.75, 3.05) is 31.1 Å². The van der Waals surface area contributed by atoms with E-state index in [1.165, 1.54) is 37.9 Å². The number of benzene rings is 1. The number of aromatic nitrogens is 3. The van der Waals surface area contributed by atoms with Crippen molar-refractivity contribution in [1.29, 1.82) is 0 Å². The van der Waals surface area contributed by atoms with Gasteiger partial charge < -0.3 is 4.90 Å². The topological polar surface area (TPSA) is 45.2 Å². The lowest BCUT2D eigenvalue weighted by Crippen LogP contribution is -2.36. The van der Waals surface area contributed by atoms with Crippen molar-refractivity contribution >= 4 is 16.9 Å². The number of likely N-dealkylation sites (tertiary alicyclic amines) is 1. The second-order valence-corrected chi connectivity index (χ2v) is 8.19. The Morgan fingerprint density at radius 2 is 1.68 bits per heavy atom. The highest BCUT2D eigenvalue weighted by Gasteiger charge is 2.32. The summed E-state index contributed by atoms with van der Waals surface area (Å²) < 4.78 is 0. The van der Waals surface area contributed by atoms with Gasteiger partial charge in [0, 0.05) is 32.0 Å². The normalized spacial score (nSPS) is 21.4. The largest absolute Gasteiger partial charge is 0.355 e. The number of pyridine rings is 1. The number of nitrogens with zero attached hydrogens (tertiary/aromatic N) is 5. The summed E-state index contributed by atoms with van der Waals surface area (Å²) in [4.78, 5) is 18.7. The molecule has 2 aromatic heterocycles. The summed E-state index contributed by atoms with van der Waals surface area (Å²) in [7, 11) is 0. The highest BCUT2D eigenvalue weighted by molar-refractivity contribution is 5.75. The first-order valence-electron chi connectivity index (χ1n) is 10.4. The van der Waals surface area contributed by atoms with Crippen LogP contribution in [-0.2, 0) is 6.54 Å². The third kappa shape index (κ3) is 3.72. The molecule has 4 heterocycles. The summed E-state index contributed by atoms with van der Waals surface area (Å²) in [6.45, 7) is 5.66. The van der Waals surface area contributed by atoms with Crippen molar-refractivity contribution in [3.63, 3.8) is 0 Å². The first-order valence-corrected chi connectivity index (χ1v) is 10.4. The van der Waals surface area contributed by atoms with E-state index in [4.69, 9.17) is 4.98 Å². The lowest BCUT2D eigenvalue weighted by molar-refractivity contribution is 0.147. The number of piperidine rings is 1. The van der Waals surface area contributed by atoms with Gasteiger partial charge in [-0.3, -0.25) is 14.9 Å². The van der Waals surface area contributed by atoms with Gasteiger partial charge in [0.25, 0.3) is 0 Å². The van der Waals surface area contributed by atoms with Crippen molar-refractivity contribution in [3.8, 4) is 0 Å². The van der Waals surface area contributed by atoms with E-state index in [-0.39, 0.29) is 0 Å². The number of para-hydroxylation sites is 2. The van der Waals surface area contributed by atoms with Crippen molar-refractivity contribution in [2.45, 2.75) is 25.8 Å². The van der Waals surface area contributed by atoms with Gasteiger partial charge in [0.05, 0.1) is 17.2 Å². The van der Waals surface area contributed by atoms with E-state index < -0.39 is 0 Å². The molecule has 28 heavy (non-hydrogen) atoms. The molecule has 2 saturated heterocycles. The quantitative estimate of drug-likeness (QED) is 0.697. The Morgan fingerprint density at radius 3 is 2.50 bits per heavy atom. The fourth-order valence-corrected chi connectivity index (χ4v) is 4.81. The van der Waals surface area contributed by atoms with E-state index in [0.717, 1.165) is 48.3 Å². The van der Waals surface area contributed by atoms with Crippen molar-refractivity contribution in [2.24, 2.45) is 11.8 Å². The molecule has 2 aliphatic rings. The molecular formula is C23H27N5. The van der Waals surface area contributed by atoms with Crippen molar-refractivity contribution in [3.05, 3.63) is 60.6 Å². The van der Waals surface area contributed by atoms with Crippen LogP contribution < -0.4 is 4.90 Å². The standard InChI is InChI=1S/C23H27N5/c1-2-6-22-21(5-1)25-15-23(26-22)28-13-9-20(17-28)19-7-11-27(12-8-19)16-18-4-3-10-24-14-18/h1-6,10,14-15,19-20H,7-9,11-13,16-17H2. The Labute approximate surface area is 166 Å². The molecule has 5 heteroatoms. The Balaban J connectivity index is 1.17. The van der Waals surface area contributed by atoms with E-state index in [1.54, 1.807) is 0 Å². The molecular weight excluding hydrogens is 346 g/mol. The highest BCUT2D eigenvalue weighted by atomic mass is 15.2. The van der Waals surface area contributed by atoms with E-state index in [2.05, 4.69) is 31.9 Å².